The van der Waals surface area contributed by atoms with Gasteiger partial charge in [-0.05, 0) is 106 Å². The molecule has 4 rings (SSSR count). The van der Waals surface area contributed by atoms with E-state index in [-0.39, 0.29) is 22.9 Å². The number of aromatic hydroxyl groups is 1. The van der Waals surface area contributed by atoms with Crippen molar-refractivity contribution in [3.8, 4) is 16.9 Å². The van der Waals surface area contributed by atoms with E-state index in [0.29, 0.717) is 42.4 Å². The number of benzene rings is 4. The molecule has 53 heavy (non-hydrogen) atoms. The Labute approximate surface area is 308 Å². The highest BCUT2D eigenvalue weighted by Crippen LogP contribution is 2.44. The van der Waals surface area contributed by atoms with Crippen LogP contribution in [0, 0.1) is 19.8 Å². The van der Waals surface area contributed by atoms with E-state index < -0.39 is 58.5 Å². The molecule has 284 valence electrons. The number of nitrogen functional groups attached to an aromatic ring is 1. The molecule has 7 N–H and O–H groups in total. The Balaban J connectivity index is 1.45. The fourth-order valence-electron chi connectivity index (χ4n) is 5.47. The summed E-state index contributed by atoms with van der Waals surface area (Å²) in [7, 11) is -10.0. The van der Waals surface area contributed by atoms with Gasteiger partial charge < -0.3 is 26.2 Å². The molecular weight excluding hydrogens is 727 g/mol. The van der Waals surface area contributed by atoms with Crippen LogP contribution < -0.4 is 16.4 Å². The van der Waals surface area contributed by atoms with Crippen molar-refractivity contribution in [2.24, 2.45) is 16.1 Å². The second kappa shape index (κ2) is 15.9. The Morgan fingerprint density at radius 1 is 0.849 bits per heavy atom. The van der Waals surface area contributed by atoms with Gasteiger partial charge in [-0.15, -0.1) is 5.11 Å². The largest absolute Gasteiger partial charge is 0.505 e. The number of rotatable bonds is 12. The number of carbonyl (C=O) groups is 2. The number of hydrogen-bond donors (Lipinski definition) is 6. The maximum atomic E-state index is 12.9. The van der Waals surface area contributed by atoms with E-state index in [9.17, 15) is 40.6 Å². The molecule has 15 nitrogen and oxygen atoms in total. The first kappa shape index (κ1) is 40.7. The number of azo groups is 1. The molecule has 4 aromatic carbocycles. The number of amides is 2. The number of nitrogens with two attached hydrogens (primary N) is 1. The first-order valence-electron chi connectivity index (χ1n) is 16.5. The van der Waals surface area contributed by atoms with E-state index in [2.05, 4.69) is 20.9 Å². The van der Waals surface area contributed by atoms with Crippen LogP contribution >= 0.6 is 0 Å². The number of unbranched alkanes of at least 4 members (excludes halogenated alkanes) is 1. The van der Waals surface area contributed by atoms with E-state index in [4.69, 9.17) is 10.5 Å². The highest BCUT2D eigenvalue weighted by atomic mass is 32.2. The number of phenols is 1. The van der Waals surface area contributed by atoms with Crippen molar-refractivity contribution in [1.29, 1.82) is 0 Å². The third kappa shape index (κ3) is 10.3. The van der Waals surface area contributed by atoms with E-state index in [1.165, 1.54) is 6.07 Å². The Kier molecular flexibility index (Phi) is 12.2. The van der Waals surface area contributed by atoms with Crippen LogP contribution in [0.15, 0.2) is 74.6 Å². The zero-order valence-corrected chi connectivity index (χ0v) is 31.7. The van der Waals surface area contributed by atoms with E-state index >= 15 is 0 Å². The van der Waals surface area contributed by atoms with Gasteiger partial charge in [-0.2, -0.15) is 21.9 Å². The molecule has 17 heteroatoms. The van der Waals surface area contributed by atoms with Gasteiger partial charge in [0.2, 0.25) is 5.91 Å². The Hall–Kier alpha value is -5.10. The zero-order valence-electron chi connectivity index (χ0n) is 30.1. The zero-order chi connectivity index (χ0) is 39.5. The topological polar surface area (TPSA) is 247 Å². The van der Waals surface area contributed by atoms with Gasteiger partial charge in [-0.3, -0.25) is 13.9 Å². The van der Waals surface area contributed by atoms with Gasteiger partial charge in [0.05, 0.1) is 16.8 Å². The number of nitrogens with zero attached hydrogens (tertiary/aromatic N) is 2. The minimum Gasteiger partial charge on any atom is -0.505 e. The normalized spacial score (nSPS) is 12.9. The van der Waals surface area contributed by atoms with Crippen LogP contribution in [0.5, 0.6) is 5.75 Å². The van der Waals surface area contributed by atoms with Crippen molar-refractivity contribution in [2.45, 2.75) is 76.2 Å². The lowest BCUT2D eigenvalue weighted by Gasteiger charge is -2.19. The molecule has 0 aliphatic heterocycles. The number of fused-ring (bicyclic) bond motifs is 1. The average molecular weight is 770 g/mol. The summed E-state index contributed by atoms with van der Waals surface area (Å²) in [5.74, 6) is -1.07. The predicted octanol–water partition coefficient (Wildman–Crippen LogP) is 7.59. The van der Waals surface area contributed by atoms with Gasteiger partial charge in [0.25, 0.3) is 20.2 Å². The maximum Gasteiger partial charge on any atom is 0.407 e. The molecule has 1 atom stereocenters. The molecule has 0 aliphatic carbocycles. The monoisotopic (exact) mass is 769 g/mol. The number of anilines is 2. The SMILES string of the molecule is Cc1cc(-c2ccc(NC(=O)[C@H](C)CCCCNC(=O)OC(C)(C)C)c(C)c2)ccc1N=Nc1ccc2c(S(=O)(=O)O)cc(S(=O)(=O)O)c(N)c2c1O. The summed E-state index contributed by atoms with van der Waals surface area (Å²) in [6.45, 7) is 11.4. The molecule has 0 unspecified atom stereocenters. The van der Waals surface area contributed by atoms with Crippen molar-refractivity contribution in [2.75, 3.05) is 17.6 Å². The minimum absolute atomic E-state index is 0.107. The fourth-order valence-corrected chi connectivity index (χ4v) is 6.91. The molecule has 0 saturated carbocycles. The number of ether oxygens (including phenoxy) is 1. The highest BCUT2D eigenvalue weighted by Gasteiger charge is 2.27. The Morgan fingerprint density at radius 2 is 1.43 bits per heavy atom. The fraction of sp³-hybridized carbons (Fsp3) is 0.333. The summed E-state index contributed by atoms with van der Waals surface area (Å²) in [5.41, 5.74) is 8.90. The predicted molar refractivity (Wildman–Crippen MR) is 201 cm³/mol. The Bertz CT molecular complexity index is 2320. The molecular formula is C36H43N5O10S2. The molecule has 0 aliphatic rings. The highest BCUT2D eigenvalue weighted by molar-refractivity contribution is 7.87. The summed E-state index contributed by atoms with van der Waals surface area (Å²) < 4.78 is 72.2. The lowest BCUT2D eigenvalue weighted by molar-refractivity contribution is -0.119. The summed E-state index contributed by atoms with van der Waals surface area (Å²) in [6, 6.07) is 13.9. The van der Waals surface area contributed by atoms with Crippen LogP contribution in [0.4, 0.5) is 27.5 Å². The van der Waals surface area contributed by atoms with Gasteiger partial charge in [0.1, 0.15) is 21.1 Å². The molecule has 0 bridgehead atoms. The van der Waals surface area contributed by atoms with Crippen LogP contribution in [0.2, 0.25) is 0 Å². The molecule has 0 saturated heterocycles. The van der Waals surface area contributed by atoms with Crippen LogP contribution in [0.3, 0.4) is 0 Å². The first-order chi connectivity index (χ1) is 24.6. The van der Waals surface area contributed by atoms with Crippen molar-refractivity contribution in [3.05, 3.63) is 65.7 Å². The van der Waals surface area contributed by atoms with Crippen molar-refractivity contribution in [1.82, 2.24) is 5.32 Å². The number of phenolic OH excluding ortho intramolecular Hbond substituents is 1. The molecule has 0 heterocycles. The van der Waals surface area contributed by atoms with Crippen LogP contribution in [-0.4, -0.2) is 55.2 Å². The van der Waals surface area contributed by atoms with Crippen LogP contribution in [-0.2, 0) is 29.8 Å². The van der Waals surface area contributed by atoms with Gasteiger partial charge in [-0.25, -0.2) is 4.79 Å². The van der Waals surface area contributed by atoms with E-state index in [0.717, 1.165) is 29.2 Å². The summed E-state index contributed by atoms with van der Waals surface area (Å²) in [5, 5.41) is 24.2. The van der Waals surface area contributed by atoms with Gasteiger partial charge >= 0.3 is 6.09 Å². The quantitative estimate of drug-likeness (QED) is 0.0354. The van der Waals surface area contributed by atoms with E-state index in [1.807, 2.05) is 44.2 Å². The van der Waals surface area contributed by atoms with Gasteiger partial charge in [-0.1, -0.05) is 31.5 Å². The molecule has 0 fully saturated rings. The van der Waals surface area contributed by atoms with Crippen LogP contribution in [0.1, 0.15) is 58.1 Å². The standard InChI is InChI=1S/C36H43N5O10S2/c1-20(9-7-8-16-38-35(44)51-36(4,5)6)34(43)39-26-13-10-23(17-21(26)2)24-11-14-27(22(3)18-24)40-41-28-15-12-25-29(52(45,46)47)19-30(53(48,49)50)32(37)31(25)33(28)42/h10-15,17-20,42H,7-9,16,37H2,1-6H3,(H,38,44)(H,39,43)(H,45,46,47)(H,48,49,50)/t20-/m1/s1. The second-order valence-corrected chi connectivity index (χ2v) is 16.4. The number of nitrogens with one attached hydrogen (secondary N) is 2. The van der Waals surface area contributed by atoms with Crippen molar-refractivity contribution < 1.29 is 45.4 Å². The summed E-state index contributed by atoms with van der Waals surface area (Å²) >= 11 is 0. The smallest absolute Gasteiger partial charge is 0.407 e. The molecule has 4 aromatic rings. The third-order valence-corrected chi connectivity index (χ3v) is 10.0. The maximum absolute atomic E-state index is 12.9. The number of carbonyl (C=O) groups excluding carboxylic acids is 2. The summed E-state index contributed by atoms with van der Waals surface area (Å²) in [4.78, 5) is 22.8. The van der Waals surface area contributed by atoms with Crippen molar-refractivity contribution in [3.63, 3.8) is 0 Å². The molecule has 2 amide bonds. The number of hydrogen-bond acceptors (Lipinski definition) is 11. The lowest BCUT2D eigenvalue weighted by atomic mass is 9.99. The molecule has 0 radical (unpaired) electrons. The average Bonchev–Trinajstić information content (AvgIpc) is 3.03. The minimum atomic E-state index is -5.05. The second-order valence-electron chi connectivity index (χ2n) is 13.6. The number of aryl methyl sites for hydroxylation is 2. The van der Waals surface area contributed by atoms with Crippen LogP contribution in [0.25, 0.3) is 21.9 Å². The van der Waals surface area contributed by atoms with Crippen molar-refractivity contribution >= 4 is 65.8 Å². The number of alkyl carbamates (subject to hydrolysis) is 1. The third-order valence-electron chi connectivity index (χ3n) is 8.23. The Morgan fingerprint density at radius 3 is 2.02 bits per heavy atom. The first-order valence-corrected chi connectivity index (χ1v) is 19.4. The van der Waals surface area contributed by atoms with Gasteiger partial charge in [0, 0.05) is 23.5 Å². The molecule has 0 spiro atoms. The van der Waals surface area contributed by atoms with E-state index in [1.54, 1.807) is 33.8 Å². The van der Waals surface area contributed by atoms with Gasteiger partial charge in [0.15, 0.2) is 5.75 Å². The molecule has 0 aromatic heterocycles. The lowest BCUT2D eigenvalue weighted by Crippen LogP contribution is -2.33. The summed E-state index contributed by atoms with van der Waals surface area (Å²) in [6.07, 6.45) is 1.66.